The first-order valence-electron chi connectivity index (χ1n) is 8.86. The molecular formula is C19H26O6. The number of hydrogen-bond acceptors (Lipinski definition) is 6. The Labute approximate surface area is 147 Å². The highest BCUT2D eigenvalue weighted by molar-refractivity contribution is 5.87. The Morgan fingerprint density at radius 1 is 1.52 bits per heavy atom. The molecule has 0 aromatic carbocycles. The van der Waals surface area contributed by atoms with Crippen molar-refractivity contribution in [1.82, 2.24) is 0 Å². The van der Waals surface area contributed by atoms with Crippen LogP contribution in [0.3, 0.4) is 0 Å². The van der Waals surface area contributed by atoms with Crippen molar-refractivity contribution in [2.45, 2.75) is 63.6 Å². The topological polar surface area (TPSA) is 88.5 Å². The molecule has 6 heteroatoms. The Morgan fingerprint density at radius 2 is 2.20 bits per heavy atom. The van der Waals surface area contributed by atoms with Crippen LogP contribution in [0.25, 0.3) is 0 Å². The minimum atomic E-state index is -1.00. The summed E-state index contributed by atoms with van der Waals surface area (Å²) in [4.78, 5) is 12.2. The van der Waals surface area contributed by atoms with Crippen LogP contribution in [0.1, 0.15) is 33.6 Å². The monoisotopic (exact) mass is 350 g/mol. The van der Waals surface area contributed by atoms with Crippen molar-refractivity contribution < 1.29 is 29.2 Å². The van der Waals surface area contributed by atoms with Crippen LogP contribution in [0.15, 0.2) is 23.8 Å². The van der Waals surface area contributed by atoms with Crippen molar-refractivity contribution in [3.63, 3.8) is 0 Å². The molecule has 1 saturated carbocycles. The van der Waals surface area contributed by atoms with Gasteiger partial charge >= 0.3 is 5.97 Å². The lowest BCUT2D eigenvalue weighted by Crippen LogP contribution is -2.66. The van der Waals surface area contributed by atoms with Gasteiger partial charge in [-0.2, -0.15) is 0 Å². The number of fused-ring (bicyclic) bond motifs is 2. The van der Waals surface area contributed by atoms with Crippen molar-refractivity contribution >= 4 is 5.97 Å². The quantitative estimate of drug-likeness (QED) is 0.343. The highest BCUT2D eigenvalue weighted by Gasteiger charge is 2.85. The minimum Gasteiger partial charge on any atom is -0.455 e. The maximum atomic E-state index is 12.2. The number of carbonyl (C=O) groups is 1. The standard InChI is InChI=1S/C19H26O6/c1-10(2)16(22)25-14-13(21)15-19(9-23-19)17(14,4)18(8-20)6-5-11(3)7-12(18)24-15/h7,12-15,20-21H,1,5-6,8-9H2,2-4H3. The fourth-order valence-electron chi connectivity index (χ4n) is 5.43. The van der Waals surface area contributed by atoms with E-state index in [9.17, 15) is 15.0 Å². The molecule has 2 aliphatic heterocycles. The van der Waals surface area contributed by atoms with Crippen LogP contribution >= 0.6 is 0 Å². The molecule has 0 amide bonds. The fraction of sp³-hybridized carbons (Fsp3) is 0.737. The largest absolute Gasteiger partial charge is 0.455 e. The SMILES string of the molecule is C=C(C)C(=O)OC1C(O)C2OC3C=C(C)CCC3(CO)C1(C)C21CO1. The van der Waals surface area contributed by atoms with E-state index in [1.807, 2.05) is 19.9 Å². The Balaban J connectivity index is 1.84. The van der Waals surface area contributed by atoms with E-state index in [0.717, 1.165) is 6.42 Å². The van der Waals surface area contributed by atoms with Gasteiger partial charge < -0.3 is 24.4 Å². The summed E-state index contributed by atoms with van der Waals surface area (Å²) in [5.41, 5.74) is -0.654. The number of rotatable bonds is 3. The first-order chi connectivity index (χ1) is 11.7. The van der Waals surface area contributed by atoms with Crippen molar-refractivity contribution in [2.24, 2.45) is 10.8 Å². The van der Waals surface area contributed by atoms with Gasteiger partial charge in [0, 0.05) is 11.0 Å². The molecule has 1 spiro atoms. The number of ether oxygens (including phenoxy) is 3. The lowest BCUT2D eigenvalue weighted by atomic mass is 9.51. The van der Waals surface area contributed by atoms with Gasteiger partial charge in [0.05, 0.1) is 24.7 Å². The van der Waals surface area contributed by atoms with Crippen molar-refractivity contribution in [3.05, 3.63) is 23.8 Å². The number of esters is 1. The number of carbonyl (C=O) groups excluding carboxylic acids is 1. The lowest BCUT2D eigenvalue weighted by molar-refractivity contribution is -0.229. The van der Waals surface area contributed by atoms with E-state index in [0.29, 0.717) is 13.0 Å². The third-order valence-electron chi connectivity index (χ3n) is 7.12. The molecule has 0 aromatic rings. The van der Waals surface area contributed by atoms with Gasteiger partial charge in [-0.1, -0.05) is 25.2 Å². The van der Waals surface area contributed by atoms with E-state index in [1.165, 1.54) is 5.57 Å². The smallest absolute Gasteiger partial charge is 0.333 e. The zero-order valence-electron chi connectivity index (χ0n) is 14.9. The summed E-state index contributed by atoms with van der Waals surface area (Å²) < 4.78 is 17.8. The van der Waals surface area contributed by atoms with E-state index in [4.69, 9.17) is 14.2 Å². The van der Waals surface area contributed by atoms with E-state index < -0.39 is 40.7 Å². The van der Waals surface area contributed by atoms with Crippen molar-refractivity contribution in [2.75, 3.05) is 13.2 Å². The minimum absolute atomic E-state index is 0.121. The first-order valence-corrected chi connectivity index (χ1v) is 8.86. The second kappa shape index (κ2) is 5.16. The van der Waals surface area contributed by atoms with E-state index in [1.54, 1.807) is 6.92 Å². The Bertz CT molecular complexity index is 665. The molecular weight excluding hydrogens is 324 g/mol. The summed E-state index contributed by atoms with van der Waals surface area (Å²) in [7, 11) is 0. The van der Waals surface area contributed by atoms with Crippen LogP contribution in [-0.2, 0) is 19.0 Å². The van der Waals surface area contributed by atoms with Crippen LogP contribution in [0, 0.1) is 10.8 Å². The molecule has 2 aliphatic carbocycles. The van der Waals surface area contributed by atoms with Gasteiger partial charge in [-0.25, -0.2) is 4.79 Å². The van der Waals surface area contributed by atoms with E-state index in [-0.39, 0.29) is 18.3 Å². The summed E-state index contributed by atoms with van der Waals surface area (Å²) in [6.45, 7) is 9.54. The van der Waals surface area contributed by atoms with E-state index in [2.05, 4.69) is 6.58 Å². The van der Waals surface area contributed by atoms with Gasteiger partial charge in [-0.15, -0.1) is 0 Å². The third-order valence-corrected chi connectivity index (χ3v) is 7.12. The van der Waals surface area contributed by atoms with Gasteiger partial charge in [0.15, 0.2) is 0 Å². The highest BCUT2D eigenvalue weighted by Crippen LogP contribution is 2.71. The van der Waals surface area contributed by atoms with Gasteiger partial charge in [0.25, 0.3) is 0 Å². The van der Waals surface area contributed by atoms with Crippen LogP contribution in [0.5, 0.6) is 0 Å². The molecule has 2 bridgehead atoms. The summed E-state index contributed by atoms with van der Waals surface area (Å²) in [5, 5.41) is 21.4. The second-order valence-electron chi connectivity index (χ2n) is 8.28. The first kappa shape index (κ1) is 17.2. The molecule has 3 fully saturated rings. The van der Waals surface area contributed by atoms with Gasteiger partial charge in [0.1, 0.15) is 23.9 Å². The normalized spacial score (nSPS) is 50.2. The molecule has 4 aliphatic rings. The maximum Gasteiger partial charge on any atom is 0.333 e. The van der Waals surface area contributed by atoms with E-state index >= 15 is 0 Å². The highest BCUT2D eigenvalue weighted by atomic mass is 16.7. The number of epoxide rings is 1. The average molecular weight is 350 g/mol. The molecule has 7 atom stereocenters. The zero-order chi connectivity index (χ0) is 18.2. The van der Waals surface area contributed by atoms with Gasteiger partial charge in [-0.3, -0.25) is 0 Å². The molecule has 2 saturated heterocycles. The van der Waals surface area contributed by atoms with Crippen molar-refractivity contribution in [1.29, 1.82) is 0 Å². The Kier molecular flexibility index (Phi) is 3.55. The molecule has 0 radical (unpaired) electrons. The van der Waals surface area contributed by atoms with Crippen LogP contribution in [0.2, 0.25) is 0 Å². The van der Waals surface area contributed by atoms with Gasteiger partial charge in [0.2, 0.25) is 0 Å². The zero-order valence-corrected chi connectivity index (χ0v) is 14.9. The lowest BCUT2D eigenvalue weighted by Gasteiger charge is -2.57. The Hall–Kier alpha value is -1.21. The van der Waals surface area contributed by atoms with Crippen molar-refractivity contribution in [3.8, 4) is 0 Å². The summed E-state index contributed by atoms with van der Waals surface area (Å²) in [5.74, 6) is -0.541. The predicted molar refractivity (Wildman–Crippen MR) is 88.7 cm³/mol. The molecule has 2 N–H and O–H groups in total. The van der Waals surface area contributed by atoms with Crippen LogP contribution in [-0.4, -0.2) is 59.4 Å². The molecule has 6 nitrogen and oxygen atoms in total. The second-order valence-corrected chi connectivity index (χ2v) is 8.28. The van der Waals surface area contributed by atoms with Crippen LogP contribution in [0.4, 0.5) is 0 Å². The molecule has 7 unspecified atom stereocenters. The predicted octanol–water partition coefficient (Wildman–Crippen LogP) is 1.11. The van der Waals surface area contributed by atoms with Gasteiger partial charge in [-0.05, 0) is 26.7 Å². The molecule has 138 valence electrons. The fourth-order valence-corrected chi connectivity index (χ4v) is 5.43. The molecule has 4 rings (SSSR count). The maximum absolute atomic E-state index is 12.2. The summed E-state index contributed by atoms with van der Waals surface area (Å²) >= 11 is 0. The molecule has 0 aromatic heterocycles. The number of hydrogen-bond donors (Lipinski definition) is 2. The summed E-state index contributed by atoms with van der Waals surface area (Å²) in [6.07, 6.45) is 0.834. The number of allylic oxidation sites excluding steroid dienone is 1. The average Bonchev–Trinajstić information content (AvgIpc) is 3.35. The summed E-state index contributed by atoms with van der Waals surface area (Å²) in [6, 6.07) is 0. The number of aliphatic hydroxyl groups excluding tert-OH is 2. The Morgan fingerprint density at radius 3 is 2.76 bits per heavy atom. The molecule has 25 heavy (non-hydrogen) atoms. The third kappa shape index (κ3) is 1.86. The number of aliphatic hydroxyl groups is 2. The molecule has 2 heterocycles. The van der Waals surface area contributed by atoms with Crippen LogP contribution < -0.4 is 0 Å².